The monoisotopic (exact) mass is 421 g/mol. The second kappa shape index (κ2) is 8.24. The molecular weight excluding hydrogens is 390 g/mol. The molecule has 3 aliphatic rings. The minimum Gasteiger partial charge on any atom is -0.396 e. The molecule has 4 atom stereocenters. The molecule has 31 heavy (non-hydrogen) atoms. The number of pyridine rings is 1. The van der Waals surface area contributed by atoms with E-state index in [2.05, 4.69) is 16.3 Å². The number of aliphatic hydroxyl groups is 1. The SMILES string of the molecule is CCCNC(=O)[C@H]1[C@H](CO)[C@H]2Cn3c(ccc(-c4ccccc4)c3=O)[C@H]2N1CC1CC1. The molecule has 1 amide bonds. The molecule has 2 fully saturated rings. The lowest BCUT2D eigenvalue weighted by Crippen LogP contribution is -2.49. The van der Waals surface area contributed by atoms with Crippen molar-refractivity contribution in [2.45, 2.75) is 44.8 Å². The second-order valence-electron chi connectivity index (χ2n) is 9.28. The van der Waals surface area contributed by atoms with Gasteiger partial charge < -0.3 is 15.0 Å². The van der Waals surface area contributed by atoms with E-state index in [0.717, 1.165) is 24.2 Å². The number of nitrogens with zero attached hydrogens (tertiary/aromatic N) is 2. The van der Waals surface area contributed by atoms with Gasteiger partial charge in [0.1, 0.15) is 0 Å². The maximum atomic E-state index is 13.4. The van der Waals surface area contributed by atoms with Crippen molar-refractivity contribution in [3.63, 3.8) is 0 Å². The number of hydrogen-bond donors (Lipinski definition) is 2. The summed E-state index contributed by atoms with van der Waals surface area (Å²) in [6, 6.07) is 13.4. The van der Waals surface area contributed by atoms with Crippen LogP contribution in [0.15, 0.2) is 47.3 Å². The van der Waals surface area contributed by atoms with Crippen LogP contribution in [0.25, 0.3) is 11.1 Å². The molecular formula is C25H31N3O3. The van der Waals surface area contributed by atoms with Crippen molar-refractivity contribution in [3.05, 3.63) is 58.5 Å². The number of carbonyl (C=O) groups is 1. The fraction of sp³-hybridized carbons (Fsp3) is 0.520. The Balaban J connectivity index is 1.53. The average molecular weight is 422 g/mol. The zero-order valence-electron chi connectivity index (χ0n) is 18.0. The van der Waals surface area contributed by atoms with E-state index in [-0.39, 0.29) is 42.0 Å². The number of aliphatic hydroxyl groups excluding tert-OH is 1. The minimum atomic E-state index is -0.329. The second-order valence-corrected chi connectivity index (χ2v) is 9.28. The molecule has 1 saturated heterocycles. The molecule has 2 aliphatic heterocycles. The fourth-order valence-corrected chi connectivity index (χ4v) is 5.60. The fourth-order valence-electron chi connectivity index (χ4n) is 5.60. The van der Waals surface area contributed by atoms with Crippen molar-refractivity contribution in [1.82, 2.24) is 14.8 Å². The number of benzene rings is 1. The maximum absolute atomic E-state index is 13.4. The first-order valence-corrected chi connectivity index (χ1v) is 11.6. The molecule has 0 spiro atoms. The van der Waals surface area contributed by atoms with Gasteiger partial charge in [0.2, 0.25) is 5.91 Å². The molecule has 6 heteroatoms. The molecule has 1 aromatic heterocycles. The lowest BCUT2D eigenvalue weighted by atomic mass is 9.88. The Morgan fingerprint density at radius 1 is 1.16 bits per heavy atom. The van der Waals surface area contributed by atoms with Crippen molar-refractivity contribution in [3.8, 4) is 11.1 Å². The normalized spacial score (nSPS) is 27.2. The Kier molecular flexibility index (Phi) is 5.44. The van der Waals surface area contributed by atoms with Gasteiger partial charge in [-0.2, -0.15) is 0 Å². The lowest BCUT2D eigenvalue weighted by Gasteiger charge is -2.31. The van der Waals surface area contributed by atoms with Gasteiger partial charge >= 0.3 is 0 Å². The summed E-state index contributed by atoms with van der Waals surface area (Å²) in [6.45, 7) is 4.07. The molecule has 3 heterocycles. The van der Waals surface area contributed by atoms with Crippen molar-refractivity contribution >= 4 is 5.91 Å². The summed E-state index contributed by atoms with van der Waals surface area (Å²) in [5.74, 6) is 0.537. The number of hydrogen-bond acceptors (Lipinski definition) is 4. The first-order chi connectivity index (χ1) is 15.1. The molecule has 2 N–H and O–H groups in total. The highest BCUT2D eigenvalue weighted by molar-refractivity contribution is 5.82. The largest absolute Gasteiger partial charge is 0.396 e. The highest BCUT2D eigenvalue weighted by Crippen LogP contribution is 2.50. The van der Waals surface area contributed by atoms with Crippen LogP contribution in [0, 0.1) is 17.8 Å². The Bertz CT molecular complexity index is 1010. The zero-order valence-corrected chi connectivity index (χ0v) is 18.0. The highest BCUT2D eigenvalue weighted by Gasteiger charge is 2.56. The zero-order chi connectivity index (χ0) is 21.5. The van der Waals surface area contributed by atoms with Gasteiger partial charge in [0.25, 0.3) is 5.56 Å². The predicted octanol–water partition coefficient (Wildman–Crippen LogP) is 2.42. The number of nitrogens with one attached hydrogen (secondary N) is 1. The molecule has 5 rings (SSSR count). The molecule has 1 aromatic carbocycles. The number of carbonyl (C=O) groups excluding carboxylic acids is 1. The van der Waals surface area contributed by atoms with E-state index in [1.165, 1.54) is 12.8 Å². The molecule has 2 aromatic rings. The third kappa shape index (κ3) is 3.52. The van der Waals surface area contributed by atoms with Crippen molar-refractivity contribution < 1.29 is 9.90 Å². The van der Waals surface area contributed by atoms with E-state index in [1.54, 1.807) is 0 Å². The van der Waals surface area contributed by atoms with Crippen LogP contribution in [0.5, 0.6) is 0 Å². The van der Waals surface area contributed by atoms with Gasteiger partial charge in [-0.3, -0.25) is 14.5 Å². The lowest BCUT2D eigenvalue weighted by molar-refractivity contribution is -0.127. The van der Waals surface area contributed by atoms with Crippen LogP contribution in [0.1, 0.15) is 37.9 Å². The number of amides is 1. The molecule has 1 aliphatic carbocycles. The smallest absolute Gasteiger partial charge is 0.258 e. The maximum Gasteiger partial charge on any atom is 0.258 e. The van der Waals surface area contributed by atoms with E-state index in [9.17, 15) is 14.7 Å². The van der Waals surface area contributed by atoms with Crippen LogP contribution in [0.2, 0.25) is 0 Å². The van der Waals surface area contributed by atoms with E-state index < -0.39 is 0 Å². The van der Waals surface area contributed by atoms with Crippen LogP contribution in [-0.2, 0) is 11.3 Å². The van der Waals surface area contributed by atoms with Gasteiger partial charge in [0.15, 0.2) is 0 Å². The number of rotatable bonds is 7. The number of aromatic nitrogens is 1. The van der Waals surface area contributed by atoms with Gasteiger partial charge in [0.05, 0.1) is 12.1 Å². The average Bonchev–Trinajstić information content (AvgIpc) is 3.45. The Morgan fingerprint density at radius 3 is 2.61 bits per heavy atom. The van der Waals surface area contributed by atoms with E-state index in [0.29, 0.717) is 24.6 Å². The van der Waals surface area contributed by atoms with Gasteiger partial charge in [-0.15, -0.1) is 0 Å². The molecule has 1 saturated carbocycles. The van der Waals surface area contributed by atoms with Gasteiger partial charge in [-0.1, -0.05) is 37.3 Å². The summed E-state index contributed by atoms with van der Waals surface area (Å²) < 4.78 is 1.89. The molecule has 0 bridgehead atoms. The van der Waals surface area contributed by atoms with E-state index in [1.807, 2.05) is 47.9 Å². The molecule has 164 valence electrons. The predicted molar refractivity (Wildman–Crippen MR) is 119 cm³/mol. The van der Waals surface area contributed by atoms with Gasteiger partial charge in [0, 0.05) is 49.3 Å². The quantitative estimate of drug-likeness (QED) is 0.720. The van der Waals surface area contributed by atoms with Crippen molar-refractivity contribution in [2.75, 3.05) is 19.7 Å². The van der Waals surface area contributed by atoms with Crippen molar-refractivity contribution in [2.24, 2.45) is 17.8 Å². The van der Waals surface area contributed by atoms with Gasteiger partial charge in [-0.05, 0) is 42.9 Å². The van der Waals surface area contributed by atoms with Gasteiger partial charge in [-0.25, -0.2) is 0 Å². The van der Waals surface area contributed by atoms with Crippen LogP contribution >= 0.6 is 0 Å². The summed E-state index contributed by atoms with van der Waals surface area (Å²) in [5.41, 5.74) is 2.63. The Morgan fingerprint density at radius 2 is 1.94 bits per heavy atom. The third-order valence-electron chi connectivity index (χ3n) is 7.26. The molecule has 6 nitrogen and oxygen atoms in total. The summed E-state index contributed by atoms with van der Waals surface area (Å²) in [6.07, 6.45) is 3.28. The van der Waals surface area contributed by atoms with Crippen LogP contribution in [0.3, 0.4) is 0 Å². The summed E-state index contributed by atoms with van der Waals surface area (Å²) in [5, 5.41) is 13.4. The summed E-state index contributed by atoms with van der Waals surface area (Å²) in [4.78, 5) is 28.8. The first-order valence-electron chi connectivity index (χ1n) is 11.6. The van der Waals surface area contributed by atoms with Crippen LogP contribution < -0.4 is 10.9 Å². The van der Waals surface area contributed by atoms with Crippen molar-refractivity contribution in [1.29, 1.82) is 0 Å². The Labute approximate surface area is 182 Å². The first kappa shape index (κ1) is 20.5. The molecule has 0 unspecified atom stereocenters. The Hall–Kier alpha value is -2.44. The summed E-state index contributed by atoms with van der Waals surface area (Å²) >= 11 is 0. The number of likely N-dealkylation sites (tertiary alicyclic amines) is 1. The van der Waals surface area contributed by atoms with Crippen LogP contribution in [0.4, 0.5) is 0 Å². The van der Waals surface area contributed by atoms with Crippen LogP contribution in [-0.4, -0.2) is 46.2 Å². The molecule has 0 radical (unpaired) electrons. The van der Waals surface area contributed by atoms with E-state index >= 15 is 0 Å². The standard InChI is InChI=1S/C25H31N3O3/c1-2-12-26-24(30)23-20(15-29)19-14-27-21(22(19)28(23)13-16-8-9-16)11-10-18(25(27)31)17-6-4-3-5-7-17/h3-7,10-11,16,19-20,22-23,29H,2,8-9,12-15H2,1H3,(H,26,30)/t19-,20-,22+,23-/m1/s1. The highest BCUT2D eigenvalue weighted by atomic mass is 16.3. The summed E-state index contributed by atoms with van der Waals surface area (Å²) in [7, 11) is 0. The third-order valence-corrected chi connectivity index (χ3v) is 7.26. The van der Waals surface area contributed by atoms with E-state index in [4.69, 9.17) is 0 Å². The topological polar surface area (TPSA) is 74.6 Å². The minimum absolute atomic E-state index is 0.00708. The number of fused-ring (bicyclic) bond motifs is 3.